The number of furan rings is 1. The Kier molecular flexibility index (Phi) is 2.95. The van der Waals surface area contributed by atoms with Gasteiger partial charge >= 0.3 is 0 Å². The lowest BCUT2D eigenvalue weighted by atomic mass is 9.48. The van der Waals surface area contributed by atoms with Crippen LogP contribution in [0.4, 0.5) is 0 Å². The molecule has 0 aromatic carbocycles. The lowest BCUT2D eigenvalue weighted by molar-refractivity contribution is -0.175. The Morgan fingerprint density at radius 3 is 2.90 bits per heavy atom. The second-order valence-corrected chi connectivity index (χ2v) is 6.47. The standard InChI is InChI=1S/C15H22N2O3/c1-9-4-5-10(20-9)8-17-13(18)15(16)11-6-7-19-12(11)14(15,2)3/h4-5,11-12H,6-8,16H2,1-3H3,(H,17,18). The molecule has 1 amide bonds. The van der Waals surface area contributed by atoms with Gasteiger partial charge in [-0.05, 0) is 25.5 Å². The number of nitrogens with two attached hydrogens (primary N) is 1. The summed E-state index contributed by atoms with van der Waals surface area (Å²) >= 11 is 0. The summed E-state index contributed by atoms with van der Waals surface area (Å²) in [5.41, 5.74) is 5.27. The van der Waals surface area contributed by atoms with Gasteiger partial charge < -0.3 is 20.2 Å². The molecule has 0 bridgehead atoms. The van der Waals surface area contributed by atoms with Crippen LogP contribution in [0, 0.1) is 18.3 Å². The molecule has 1 aliphatic carbocycles. The molecule has 3 atom stereocenters. The first-order valence-corrected chi connectivity index (χ1v) is 7.11. The highest BCUT2D eigenvalue weighted by Crippen LogP contribution is 2.58. The molecule has 5 nitrogen and oxygen atoms in total. The Morgan fingerprint density at radius 2 is 2.25 bits per heavy atom. The zero-order chi connectivity index (χ0) is 14.5. The molecule has 1 saturated carbocycles. The van der Waals surface area contributed by atoms with Gasteiger partial charge in [-0.1, -0.05) is 13.8 Å². The summed E-state index contributed by atoms with van der Waals surface area (Å²) in [6.07, 6.45) is 0.960. The average molecular weight is 278 g/mol. The predicted molar refractivity (Wildman–Crippen MR) is 73.8 cm³/mol. The first kappa shape index (κ1) is 13.6. The number of hydrogen-bond donors (Lipinski definition) is 2. The average Bonchev–Trinajstić information content (AvgIpc) is 3.02. The Morgan fingerprint density at radius 1 is 1.50 bits per heavy atom. The van der Waals surface area contributed by atoms with Crippen molar-refractivity contribution in [2.24, 2.45) is 17.1 Å². The van der Waals surface area contributed by atoms with Crippen molar-refractivity contribution >= 4 is 5.91 Å². The number of rotatable bonds is 3. The van der Waals surface area contributed by atoms with Gasteiger partial charge in [0.25, 0.3) is 0 Å². The van der Waals surface area contributed by atoms with E-state index in [4.69, 9.17) is 14.9 Å². The number of ether oxygens (including phenoxy) is 1. The van der Waals surface area contributed by atoms with Crippen LogP contribution in [0.15, 0.2) is 16.5 Å². The predicted octanol–water partition coefficient (Wildman–Crippen LogP) is 1.35. The summed E-state index contributed by atoms with van der Waals surface area (Å²) in [7, 11) is 0. The van der Waals surface area contributed by atoms with Crippen LogP contribution in [0.1, 0.15) is 31.8 Å². The Hall–Kier alpha value is -1.33. The van der Waals surface area contributed by atoms with E-state index in [1.807, 2.05) is 32.9 Å². The molecule has 20 heavy (non-hydrogen) atoms. The molecule has 0 spiro atoms. The lowest BCUT2D eigenvalue weighted by Gasteiger charge is -2.60. The maximum Gasteiger partial charge on any atom is 0.241 e. The summed E-state index contributed by atoms with van der Waals surface area (Å²) in [5, 5.41) is 2.91. The normalized spacial score (nSPS) is 34.4. The van der Waals surface area contributed by atoms with E-state index in [-0.39, 0.29) is 23.3 Å². The molecule has 1 saturated heterocycles. The van der Waals surface area contributed by atoms with Crippen LogP contribution in [-0.2, 0) is 16.1 Å². The van der Waals surface area contributed by atoms with Crippen molar-refractivity contribution in [2.45, 2.75) is 45.4 Å². The number of aryl methyl sites for hydroxylation is 1. The maximum absolute atomic E-state index is 12.6. The second kappa shape index (κ2) is 4.33. The van der Waals surface area contributed by atoms with E-state index in [2.05, 4.69) is 5.32 Å². The molecule has 1 aromatic heterocycles. The molecule has 0 radical (unpaired) electrons. The number of amides is 1. The third kappa shape index (κ3) is 1.66. The van der Waals surface area contributed by atoms with E-state index < -0.39 is 5.54 Å². The fraction of sp³-hybridized carbons (Fsp3) is 0.667. The van der Waals surface area contributed by atoms with Gasteiger partial charge in [-0.3, -0.25) is 4.79 Å². The number of nitrogens with one attached hydrogen (secondary N) is 1. The minimum Gasteiger partial charge on any atom is -0.465 e. The van der Waals surface area contributed by atoms with Gasteiger partial charge in [-0.25, -0.2) is 0 Å². The van der Waals surface area contributed by atoms with Crippen LogP contribution in [0.5, 0.6) is 0 Å². The summed E-state index contributed by atoms with van der Waals surface area (Å²) in [6.45, 7) is 6.97. The molecule has 5 heteroatoms. The van der Waals surface area contributed by atoms with Crippen molar-refractivity contribution in [3.05, 3.63) is 23.7 Å². The van der Waals surface area contributed by atoms with E-state index in [0.717, 1.165) is 17.9 Å². The monoisotopic (exact) mass is 278 g/mol. The number of carbonyl (C=O) groups is 1. The van der Waals surface area contributed by atoms with Crippen LogP contribution in [-0.4, -0.2) is 24.2 Å². The van der Waals surface area contributed by atoms with Crippen LogP contribution >= 0.6 is 0 Å². The number of carbonyl (C=O) groups excluding carboxylic acids is 1. The third-order valence-corrected chi connectivity index (χ3v) is 5.05. The first-order chi connectivity index (χ1) is 9.37. The van der Waals surface area contributed by atoms with Crippen molar-refractivity contribution in [3.63, 3.8) is 0 Å². The number of hydrogen-bond acceptors (Lipinski definition) is 4. The van der Waals surface area contributed by atoms with Gasteiger partial charge in [0.05, 0.1) is 12.6 Å². The van der Waals surface area contributed by atoms with Crippen LogP contribution in [0.25, 0.3) is 0 Å². The topological polar surface area (TPSA) is 77.5 Å². The van der Waals surface area contributed by atoms with Crippen molar-refractivity contribution in [2.75, 3.05) is 6.61 Å². The quantitative estimate of drug-likeness (QED) is 0.875. The fourth-order valence-corrected chi connectivity index (χ4v) is 3.74. The van der Waals surface area contributed by atoms with E-state index in [1.54, 1.807) is 0 Å². The molecule has 1 aromatic rings. The van der Waals surface area contributed by atoms with E-state index >= 15 is 0 Å². The SMILES string of the molecule is Cc1ccc(CNC(=O)C2(N)C3CCOC3C2(C)C)o1. The van der Waals surface area contributed by atoms with E-state index in [9.17, 15) is 4.79 Å². The Balaban J connectivity index is 1.70. The summed E-state index contributed by atoms with van der Waals surface area (Å²) in [5.74, 6) is 1.60. The summed E-state index contributed by atoms with van der Waals surface area (Å²) in [4.78, 5) is 12.6. The van der Waals surface area contributed by atoms with Gasteiger partial charge in [0.15, 0.2) is 0 Å². The maximum atomic E-state index is 12.6. The van der Waals surface area contributed by atoms with Gasteiger partial charge in [-0.15, -0.1) is 0 Å². The second-order valence-electron chi connectivity index (χ2n) is 6.47. The Labute approximate surface area is 118 Å². The molecular formula is C15H22N2O3. The molecule has 3 rings (SSSR count). The zero-order valence-electron chi connectivity index (χ0n) is 12.2. The molecule has 2 fully saturated rings. The van der Waals surface area contributed by atoms with Crippen molar-refractivity contribution in [3.8, 4) is 0 Å². The van der Waals surface area contributed by atoms with E-state index in [1.165, 1.54) is 0 Å². The number of fused-ring (bicyclic) bond motifs is 1. The van der Waals surface area contributed by atoms with Crippen LogP contribution < -0.4 is 11.1 Å². The molecular weight excluding hydrogens is 256 g/mol. The smallest absolute Gasteiger partial charge is 0.241 e. The molecule has 2 heterocycles. The molecule has 3 N–H and O–H groups in total. The highest BCUT2D eigenvalue weighted by Gasteiger charge is 2.71. The van der Waals surface area contributed by atoms with Crippen molar-refractivity contribution < 1.29 is 13.9 Å². The fourth-order valence-electron chi connectivity index (χ4n) is 3.74. The van der Waals surface area contributed by atoms with Crippen molar-refractivity contribution in [1.82, 2.24) is 5.32 Å². The van der Waals surface area contributed by atoms with Gasteiger partial charge in [-0.2, -0.15) is 0 Å². The lowest BCUT2D eigenvalue weighted by Crippen LogP contribution is -2.80. The first-order valence-electron chi connectivity index (χ1n) is 7.11. The van der Waals surface area contributed by atoms with Crippen LogP contribution in [0.3, 0.4) is 0 Å². The molecule has 2 aliphatic rings. The highest BCUT2D eigenvalue weighted by atomic mass is 16.5. The Bertz CT molecular complexity index is 537. The zero-order valence-corrected chi connectivity index (χ0v) is 12.2. The van der Waals surface area contributed by atoms with E-state index in [0.29, 0.717) is 13.2 Å². The highest BCUT2D eigenvalue weighted by molar-refractivity contribution is 5.89. The van der Waals surface area contributed by atoms with Gasteiger partial charge in [0.2, 0.25) is 5.91 Å². The molecule has 110 valence electrons. The molecule has 3 unspecified atom stereocenters. The van der Waals surface area contributed by atoms with Crippen molar-refractivity contribution in [1.29, 1.82) is 0 Å². The van der Waals surface area contributed by atoms with Gasteiger partial charge in [0.1, 0.15) is 17.1 Å². The summed E-state index contributed by atoms with van der Waals surface area (Å²) in [6, 6.07) is 3.75. The third-order valence-electron chi connectivity index (χ3n) is 5.05. The summed E-state index contributed by atoms with van der Waals surface area (Å²) < 4.78 is 11.2. The van der Waals surface area contributed by atoms with Gasteiger partial charge in [0, 0.05) is 17.9 Å². The van der Waals surface area contributed by atoms with Crippen LogP contribution in [0.2, 0.25) is 0 Å². The minimum atomic E-state index is -0.851. The minimum absolute atomic E-state index is 0.101. The largest absolute Gasteiger partial charge is 0.465 e. The molecule has 1 aliphatic heterocycles.